The lowest BCUT2D eigenvalue weighted by atomic mass is 10.1. The van der Waals surface area contributed by atoms with Crippen molar-refractivity contribution in [3.8, 4) is 0 Å². The minimum absolute atomic E-state index is 0.0262. The molecular weight excluding hydrogens is 214 g/mol. The zero-order chi connectivity index (χ0) is 12.7. The highest BCUT2D eigenvalue weighted by molar-refractivity contribution is 5.76. The molecule has 0 aromatic heterocycles. The Bertz CT molecular complexity index is 335. The van der Waals surface area contributed by atoms with Crippen LogP contribution in [-0.2, 0) is 11.2 Å². The van der Waals surface area contributed by atoms with Crippen LogP contribution in [0.4, 0.5) is 0 Å². The Balaban J connectivity index is 2.26. The molecule has 0 fully saturated rings. The molecule has 2 N–H and O–H groups in total. The smallest absolute Gasteiger partial charge is 0.220 e. The molecule has 0 radical (unpaired) electrons. The van der Waals surface area contributed by atoms with E-state index in [4.69, 9.17) is 0 Å². The minimum atomic E-state index is -0.376. The third kappa shape index (κ3) is 6.07. The van der Waals surface area contributed by atoms with E-state index in [1.54, 1.807) is 6.92 Å². The van der Waals surface area contributed by atoms with E-state index in [0.717, 1.165) is 6.42 Å². The van der Waals surface area contributed by atoms with E-state index >= 15 is 0 Å². The first-order valence-electron chi connectivity index (χ1n) is 6.09. The van der Waals surface area contributed by atoms with Gasteiger partial charge in [0, 0.05) is 12.5 Å². The van der Waals surface area contributed by atoms with Gasteiger partial charge in [0.15, 0.2) is 0 Å². The fourth-order valence-corrected chi connectivity index (χ4v) is 1.82. The summed E-state index contributed by atoms with van der Waals surface area (Å²) in [6.45, 7) is 3.64. The van der Waals surface area contributed by atoms with E-state index in [0.29, 0.717) is 12.8 Å². The molecule has 1 aromatic rings. The van der Waals surface area contributed by atoms with Crippen molar-refractivity contribution in [1.82, 2.24) is 5.32 Å². The summed E-state index contributed by atoms with van der Waals surface area (Å²) < 4.78 is 0. The second-order valence-corrected chi connectivity index (χ2v) is 4.54. The van der Waals surface area contributed by atoms with Gasteiger partial charge in [-0.3, -0.25) is 4.79 Å². The lowest BCUT2D eigenvalue weighted by Gasteiger charge is -2.15. The SMILES string of the molecule is CC(O)CC(C)NC(=O)CCc1ccccc1. The van der Waals surface area contributed by atoms with Crippen LogP contribution in [0.1, 0.15) is 32.3 Å². The van der Waals surface area contributed by atoms with Crippen LogP contribution in [0, 0.1) is 0 Å². The molecule has 2 unspecified atom stereocenters. The fourth-order valence-electron chi connectivity index (χ4n) is 1.82. The maximum atomic E-state index is 11.6. The minimum Gasteiger partial charge on any atom is -0.393 e. The number of rotatable bonds is 6. The number of carbonyl (C=O) groups is 1. The van der Waals surface area contributed by atoms with Crippen LogP contribution in [-0.4, -0.2) is 23.2 Å². The highest BCUT2D eigenvalue weighted by Crippen LogP contribution is 2.03. The van der Waals surface area contributed by atoms with E-state index in [2.05, 4.69) is 5.32 Å². The van der Waals surface area contributed by atoms with Crippen molar-refractivity contribution in [2.45, 2.75) is 45.3 Å². The maximum Gasteiger partial charge on any atom is 0.220 e. The van der Waals surface area contributed by atoms with Crippen molar-refractivity contribution < 1.29 is 9.90 Å². The first-order chi connectivity index (χ1) is 8.08. The Hall–Kier alpha value is -1.35. The Labute approximate surface area is 103 Å². The summed E-state index contributed by atoms with van der Waals surface area (Å²) in [4.78, 5) is 11.6. The molecule has 1 amide bonds. The molecule has 1 rings (SSSR count). The Kier molecular flexibility index (Phi) is 5.70. The number of nitrogens with one attached hydrogen (secondary N) is 1. The van der Waals surface area contributed by atoms with Crippen molar-refractivity contribution in [3.05, 3.63) is 35.9 Å². The highest BCUT2D eigenvalue weighted by atomic mass is 16.3. The van der Waals surface area contributed by atoms with Crippen LogP contribution < -0.4 is 5.32 Å². The van der Waals surface area contributed by atoms with Gasteiger partial charge in [0.1, 0.15) is 0 Å². The predicted molar refractivity (Wildman–Crippen MR) is 68.7 cm³/mol. The van der Waals surface area contributed by atoms with Gasteiger partial charge in [-0.2, -0.15) is 0 Å². The van der Waals surface area contributed by atoms with Gasteiger partial charge in [-0.1, -0.05) is 30.3 Å². The van der Waals surface area contributed by atoms with Crippen LogP contribution in [0.3, 0.4) is 0 Å². The lowest BCUT2D eigenvalue weighted by Crippen LogP contribution is -2.34. The van der Waals surface area contributed by atoms with Crippen molar-refractivity contribution in [2.75, 3.05) is 0 Å². The third-order valence-electron chi connectivity index (χ3n) is 2.59. The number of aliphatic hydroxyl groups is 1. The van der Waals surface area contributed by atoms with Gasteiger partial charge in [0.2, 0.25) is 5.91 Å². The summed E-state index contributed by atoms with van der Waals surface area (Å²) in [5.41, 5.74) is 1.17. The first kappa shape index (κ1) is 13.7. The molecule has 0 aliphatic heterocycles. The average Bonchev–Trinajstić information content (AvgIpc) is 2.26. The zero-order valence-electron chi connectivity index (χ0n) is 10.5. The van der Waals surface area contributed by atoms with Gasteiger partial charge >= 0.3 is 0 Å². The quantitative estimate of drug-likeness (QED) is 0.791. The molecule has 0 aliphatic rings. The average molecular weight is 235 g/mol. The van der Waals surface area contributed by atoms with Crippen LogP contribution in [0.25, 0.3) is 0 Å². The van der Waals surface area contributed by atoms with Crippen molar-refractivity contribution >= 4 is 5.91 Å². The zero-order valence-corrected chi connectivity index (χ0v) is 10.5. The number of hydrogen-bond acceptors (Lipinski definition) is 2. The van der Waals surface area contributed by atoms with E-state index in [9.17, 15) is 9.90 Å². The second kappa shape index (κ2) is 7.07. The predicted octanol–water partition coefficient (Wildman–Crippen LogP) is 1.89. The topological polar surface area (TPSA) is 49.3 Å². The van der Waals surface area contributed by atoms with Gasteiger partial charge in [0.25, 0.3) is 0 Å². The second-order valence-electron chi connectivity index (χ2n) is 4.54. The molecule has 0 bridgehead atoms. The highest BCUT2D eigenvalue weighted by Gasteiger charge is 2.09. The molecule has 0 saturated heterocycles. The first-order valence-corrected chi connectivity index (χ1v) is 6.09. The Morgan fingerprint density at radius 2 is 1.94 bits per heavy atom. The lowest BCUT2D eigenvalue weighted by molar-refractivity contribution is -0.121. The van der Waals surface area contributed by atoms with Crippen molar-refractivity contribution in [2.24, 2.45) is 0 Å². The van der Waals surface area contributed by atoms with Crippen molar-refractivity contribution in [3.63, 3.8) is 0 Å². The van der Waals surface area contributed by atoms with Gasteiger partial charge < -0.3 is 10.4 Å². The summed E-state index contributed by atoms with van der Waals surface area (Å²) in [5, 5.41) is 12.1. The number of amides is 1. The van der Waals surface area contributed by atoms with E-state index in [-0.39, 0.29) is 18.1 Å². The molecule has 94 valence electrons. The molecule has 0 spiro atoms. The summed E-state index contributed by atoms with van der Waals surface area (Å²) in [6.07, 6.45) is 1.47. The normalized spacial score (nSPS) is 14.1. The van der Waals surface area contributed by atoms with Crippen LogP contribution >= 0.6 is 0 Å². The number of carbonyl (C=O) groups excluding carboxylic acids is 1. The Morgan fingerprint density at radius 3 is 2.53 bits per heavy atom. The van der Waals surface area contributed by atoms with Gasteiger partial charge in [-0.05, 0) is 32.3 Å². The molecule has 0 aliphatic carbocycles. The van der Waals surface area contributed by atoms with E-state index < -0.39 is 0 Å². The Morgan fingerprint density at radius 1 is 1.29 bits per heavy atom. The molecule has 1 aromatic carbocycles. The molecule has 0 heterocycles. The van der Waals surface area contributed by atoms with Gasteiger partial charge in [-0.25, -0.2) is 0 Å². The summed E-state index contributed by atoms with van der Waals surface area (Å²) in [5.74, 6) is 0.0435. The number of aryl methyl sites for hydroxylation is 1. The molecule has 3 nitrogen and oxygen atoms in total. The molecule has 3 heteroatoms. The standard InChI is InChI=1S/C14H21NO2/c1-11(10-12(2)16)15-14(17)9-8-13-6-4-3-5-7-13/h3-7,11-12,16H,8-10H2,1-2H3,(H,15,17). The number of hydrogen-bond donors (Lipinski definition) is 2. The molecule has 17 heavy (non-hydrogen) atoms. The largest absolute Gasteiger partial charge is 0.393 e. The fraction of sp³-hybridized carbons (Fsp3) is 0.500. The van der Waals surface area contributed by atoms with Crippen LogP contribution in [0.2, 0.25) is 0 Å². The van der Waals surface area contributed by atoms with Gasteiger partial charge in [-0.15, -0.1) is 0 Å². The van der Waals surface area contributed by atoms with Crippen molar-refractivity contribution in [1.29, 1.82) is 0 Å². The summed E-state index contributed by atoms with van der Waals surface area (Å²) in [6, 6.07) is 9.98. The van der Waals surface area contributed by atoms with E-state index in [1.807, 2.05) is 37.3 Å². The third-order valence-corrected chi connectivity index (χ3v) is 2.59. The number of aliphatic hydroxyl groups excluding tert-OH is 1. The molecular formula is C14H21NO2. The van der Waals surface area contributed by atoms with Gasteiger partial charge in [0.05, 0.1) is 6.10 Å². The summed E-state index contributed by atoms with van der Waals surface area (Å²) >= 11 is 0. The maximum absolute atomic E-state index is 11.6. The molecule has 0 saturated carbocycles. The van der Waals surface area contributed by atoms with E-state index in [1.165, 1.54) is 5.56 Å². The van der Waals surface area contributed by atoms with Crippen LogP contribution in [0.5, 0.6) is 0 Å². The summed E-state index contributed by atoms with van der Waals surface area (Å²) in [7, 11) is 0. The monoisotopic (exact) mass is 235 g/mol. The number of benzene rings is 1. The van der Waals surface area contributed by atoms with Crippen LogP contribution in [0.15, 0.2) is 30.3 Å². The molecule has 2 atom stereocenters.